The number of nitrogens with one attached hydrogen (secondary N) is 2. The zero-order chi connectivity index (χ0) is 16.8. The van der Waals surface area contributed by atoms with Gasteiger partial charge in [0.15, 0.2) is 0 Å². The summed E-state index contributed by atoms with van der Waals surface area (Å²) in [4.78, 5) is 14.5. The van der Waals surface area contributed by atoms with Crippen LogP contribution in [0.15, 0.2) is 36.5 Å². The number of aliphatic hydroxyl groups excluding tert-OH is 1. The maximum Gasteiger partial charge on any atom is 0.387 e. The molecule has 0 saturated heterocycles. The summed E-state index contributed by atoms with van der Waals surface area (Å²) in [6.45, 7) is -3.08. The van der Waals surface area contributed by atoms with Gasteiger partial charge in [0.25, 0.3) is 5.91 Å². The van der Waals surface area contributed by atoms with Crippen molar-refractivity contribution in [1.29, 1.82) is 5.26 Å². The first-order chi connectivity index (χ1) is 11.0. The first kappa shape index (κ1) is 16.5. The molecule has 0 aliphatic rings. The van der Waals surface area contributed by atoms with Crippen LogP contribution in [0.25, 0.3) is 0 Å². The smallest absolute Gasteiger partial charge is 0.387 e. The number of alkyl halides is 2. The molecule has 1 aromatic carbocycles. The third-order valence-corrected chi connectivity index (χ3v) is 2.98. The number of aromatic nitrogens is 1. The molecule has 1 heterocycles. The average Bonchev–Trinajstić information content (AvgIpc) is 3.01. The van der Waals surface area contributed by atoms with Crippen molar-refractivity contribution in [2.75, 3.05) is 6.54 Å². The number of halogens is 2. The number of benzene rings is 1. The van der Waals surface area contributed by atoms with E-state index in [2.05, 4.69) is 15.0 Å². The third kappa shape index (κ3) is 4.52. The standard InChI is InChI=1S/C15H13F2N3O3/c16-15(17)23-11-3-1-2-10(5-11)13(21)8-20-14(22)12-4-9(6-18)7-19-12/h1-5,7,13,15,19,21H,8H2,(H,20,22). The Morgan fingerprint density at radius 1 is 1.43 bits per heavy atom. The molecule has 2 aromatic rings. The first-order valence-electron chi connectivity index (χ1n) is 6.59. The zero-order valence-corrected chi connectivity index (χ0v) is 11.8. The maximum atomic E-state index is 12.2. The van der Waals surface area contributed by atoms with Crippen molar-refractivity contribution in [1.82, 2.24) is 10.3 Å². The van der Waals surface area contributed by atoms with Gasteiger partial charge in [-0.3, -0.25) is 4.79 Å². The molecule has 0 aliphatic heterocycles. The summed E-state index contributed by atoms with van der Waals surface area (Å²) in [5.74, 6) is -0.573. The van der Waals surface area contributed by atoms with Crippen LogP contribution in [0.4, 0.5) is 8.78 Å². The van der Waals surface area contributed by atoms with Gasteiger partial charge in [0.1, 0.15) is 17.5 Å². The first-order valence-corrected chi connectivity index (χ1v) is 6.59. The predicted octanol–water partition coefficient (Wildman–Crippen LogP) is 1.95. The molecule has 0 bridgehead atoms. The highest BCUT2D eigenvalue weighted by molar-refractivity contribution is 5.92. The molecule has 1 atom stereocenters. The number of ether oxygens (including phenoxy) is 1. The maximum absolute atomic E-state index is 12.2. The summed E-state index contributed by atoms with van der Waals surface area (Å²) in [5.41, 5.74) is 0.823. The number of H-pyrrole nitrogens is 1. The number of carbonyl (C=O) groups is 1. The molecule has 1 aromatic heterocycles. The molecule has 23 heavy (non-hydrogen) atoms. The fourth-order valence-corrected chi connectivity index (χ4v) is 1.89. The van der Waals surface area contributed by atoms with E-state index in [9.17, 15) is 18.7 Å². The van der Waals surface area contributed by atoms with Crippen LogP contribution in [0.1, 0.15) is 27.7 Å². The minimum atomic E-state index is -2.95. The SMILES string of the molecule is N#Cc1c[nH]c(C(=O)NCC(O)c2cccc(OC(F)F)c2)c1. The van der Waals surface area contributed by atoms with Gasteiger partial charge in [-0.25, -0.2) is 0 Å². The monoisotopic (exact) mass is 321 g/mol. The van der Waals surface area contributed by atoms with Crippen LogP contribution in [0, 0.1) is 11.3 Å². The Bertz CT molecular complexity index is 725. The number of nitrogens with zero attached hydrogens (tertiary/aromatic N) is 1. The van der Waals surface area contributed by atoms with E-state index in [1.54, 1.807) is 0 Å². The lowest BCUT2D eigenvalue weighted by molar-refractivity contribution is -0.0499. The number of nitriles is 1. The molecule has 1 unspecified atom stereocenters. The normalized spacial score (nSPS) is 11.8. The minimum Gasteiger partial charge on any atom is -0.435 e. The molecule has 120 valence electrons. The Kier molecular flexibility index (Phi) is 5.28. The molecule has 6 nitrogen and oxygen atoms in total. The van der Waals surface area contributed by atoms with Crippen LogP contribution >= 0.6 is 0 Å². The molecule has 0 spiro atoms. The second-order valence-electron chi connectivity index (χ2n) is 4.59. The van der Waals surface area contributed by atoms with E-state index in [-0.39, 0.29) is 18.0 Å². The quantitative estimate of drug-likeness (QED) is 0.757. The van der Waals surface area contributed by atoms with Gasteiger partial charge < -0.3 is 20.1 Å². The van der Waals surface area contributed by atoms with E-state index < -0.39 is 18.6 Å². The summed E-state index contributed by atoms with van der Waals surface area (Å²) in [6, 6.07) is 8.84. The highest BCUT2D eigenvalue weighted by Crippen LogP contribution is 2.20. The topological polar surface area (TPSA) is 98.1 Å². The van der Waals surface area contributed by atoms with Crippen molar-refractivity contribution in [3.8, 4) is 11.8 Å². The van der Waals surface area contributed by atoms with E-state index in [0.29, 0.717) is 11.1 Å². The molecule has 8 heteroatoms. The molecule has 0 aliphatic carbocycles. The van der Waals surface area contributed by atoms with E-state index in [0.717, 1.165) is 0 Å². The largest absolute Gasteiger partial charge is 0.435 e. The summed E-state index contributed by atoms with van der Waals surface area (Å²) >= 11 is 0. The Balaban J connectivity index is 1.95. The molecular formula is C15H13F2N3O3. The number of hydrogen-bond acceptors (Lipinski definition) is 4. The number of aromatic amines is 1. The van der Waals surface area contributed by atoms with Gasteiger partial charge in [-0.2, -0.15) is 14.0 Å². The van der Waals surface area contributed by atoms with E-state index >= 15 is 0 Å². The number of rotatable bonds is 6. The molecule has 0 fully saturated rings. The Hall–Kier alpha value is -2.92. The van der Waals surface area contributed by atoms with Gasteiger partial charge in [0.05, 0.1) is 11.7 Å². The van der Waals surface area contributed by atoms with Gasteiger partial charge in [0.2, 0.25) is 0 Å². The van der Waals surface area contributed by atoms with Crippen molar-refractivity contribution in [3.05, 3.63) is 53.3 Å². The van der Waals surface area contributed by atoms with Gasteiger partial charge in [-0.15, -0.1) is 0 Å². The van der Waals surface area contributed by atoms with Gasteiger partial charge in [0, 0.05) is 12.7 Å². The van der Waals surface area contributed by atoms with Gasteiger partial charge in [-0.05, 0) is 23.8 Å². The molecule has 0 radical (unpaired) electrons. The van der Waals surface area contributed by atoms with Gasteiger partial charge >= 0.3 is 6.61 Å². The lowest BCUT2D eigenvalue weighted by atomic mass is 10.1. The lowest BCUT2D eigenvalue weighted by Gasteiger charge is -2.13. The van der Waals surface area contributed by atoms with Crippen LogP contribution in [0.2, 0.25) is 0 Å². The molecule has 2 rings (SSSR count). The van der Waals surface area contributed by atoms with Gasteiger partial charge in [-0.1, -0.05) is 12.1 Å². The molecular weight excluding hydrogens is 308 g/mol. The average molecular weight is 321 g/mol. The number of carbonyl (C=O) groups excluding carboxylic acids is 1. The van der Waals surface area contributed by atoms with Crippen molar-refractivity contribution in [2.45, 2.75) is 12.7 Å². The van der Waals surface area contributed by atoms with Crippen LogP contribution in [-0.4, -0.2) is 29.2 Å². The van der Waals surface area contributed by atoms with E-state index in [1.165, 1.54) is 36.5 Å². The van der Waals surface area contributed by atoms with Crippen molar-refractivity contribution in [3.63, 3.8) is 0 Å². The van der Waals surface area contributed by atoms with Crippen molar-refractivity contribution < 1.29 is 23.4 Å². The number of hydrogen-bond donors (Lipinski definition) is 3. The van der Waals surface area contributed by atoms with E-state index in [4.69, 9.17) is 5.26 Å². The van der Waals surface area contributed by atoms with Crippen molar-refractivity contribution >= 4 is 5.91 Å². The fourth-order valence-electron chi connectivity index (χ4n) is 1.89. The number of amides is 1. The fraction of sp³-hybridized carbons (Fsp3) is 0.200. The molecule has 3 N–H and O–H groups in total. The van der Waals surface area contributed by atoms with Crippen molar-refractivity contribution in [2.24, 2.45) is 0 Å². The molecule has 0 saturated carbocycles. The van der Waals surface area contributed by atoms with Crippen LogP contribution < -0.4 is 10.1 Å². The summed E-state index contributed by atoms with van der Waals surface area (Å²) in [6.07, 6.45) is 0.293. The molecule has 1 amide bonds. The third-order valence-electron chi connectivity index (χ3n) is 2.98. The Labute approximate surface area is 130 Å². The summed E-state index contributed by atoms with van der Waals surface area (Å²) in [5, 5.41) is 21.2. The second-order valence-corrected chi connectivity index (χ2v) is 4.59. The highest BCUT2D eigenvalue weighted by atomic mass is 19.3. The minimum absolute atomic E-state index is 0.0779. The number of aliphatic hydroxyl groups is 1. The summed E-state index contributed by atoms with van der Waals surface area (Å²) in [7, 11) is 0. The predicted molar refractivity (Wildman–Crippen MR) is 75.9 cm³/mol. The van der Waals surface area contributed by atoms with Crippen LogP contribution in [0.5, 0.6) is 5.75 Å². The Morgan fingerprint density at radius 3 is 2.87 bits per heavy atom. The summed E-state index contributed by atoms with van der Waals surface area (Å²) < 4.78 is 28.6. The zero-order valence-electron chi connectivity index (χ0n) is 11.8. The lowest BCUT2D eigenvalue weighted by Crippen LogP contribution is -2.28. The Morgan fingerprint density at radius 2 is 2.22 bits per heavy atom. The highest BCUT2D eigenvalue weighted by Gasteiger charge is 2.14. The van der Waals surface area contributed by atoms with E-state index in [1.807, 2.05) is 6.07 Å². The van der Waals surface area contributed by atoms with Crippen LogP contribution in [-0.2, 0) is 0 Å². The second kappa shape index (κ2) is 7.38. The van der Waals surface area contributed by atoms with Crippen LogP contribution in [0.3, 0.4) is 0 Å².